The van der Waals surface area contributed by atoms with Gasteiger partial charge >= 0.3 is 0 Å². The first kappa shape index (κ1) is 16.5. The van der Waals surface area contributed by atoms with Crippen LogP contribution in [0.1, 0.15) is 31.6 Å². The van der Waals surface area contributed by atoms with Gasteiger partial charge in [-0.25, -0.2) is 0 Å². The van der Waals surface area contributed by atoms with Crippen molar-refractivity contribution in [3.63, 3.8) is 0 Å². The second kappa shape index (κ2) is 7.50. The van der Waals surface area contributed by atoms with Gasteiger partial charge in [-0.1, -0.05) is 17.3 Å². The predicted molar refractivity (Wildman–Crippen MR) is 86.1 cm³/mol. The molecule has 0 saturated carbocycles. The molecule has 0 aliphatic carbocycles. The van der Waals surface area contributed by atoms with E-state index in [0.717, 1.165) is 32.2 Å². The number of benzene rings is 1. The zero-order chi connectivity index (χ0) is 16.9. The third kappa shape index (κ3) is 3.77. The zero-order valence-corrected chi connectivity index (χ0v) is 13.3. The molecule has 1 aliphatic rings. The van der Waals surface area contributed by atoms with Gasteiger partial charge in [0.25, 0.3) is 5.69 Å². The number of aliphatic hydroxyl groups excluding tert-OH is 1. The van der Waals surface area contributed by atoms with Crippen molar-refractivity contribution in [2.24, 2.45) is 0 Å². The predicted octanol–water partition coefficient (Wildman–Crippen LogP) is 2.38. The molecule has 0 amide bonds. The Morgan fingerprint density at radius 3 is 3.12 bits per heavy atom. The molecule has 2 aromatic rings. The van der Waals surface area contributed by atoms with Gasteiger partial charge in [-0.3, -0.25) is 15.0 Å². The number of aromatic nitrogens is 2. The quantitative estimate of drug-likeness (QED) is 0.613. The summed E-state index contributed by atoms with van der Waals surface area (Å²) in [5.41, 5.74) is 0.569. The second-order valence-electron chi connectivity index (χ2n) is 5.95. The first-order chi connectivity index (χ1) is 11.7. The summed E-state index contributed by atoms with van der Waals surface area (Å²) >= 11 is 0. The van der Waals surface area contributed by atoms with Crippen LogP contribution in [0.4, 0.5) is 5.69 Å². The molecular weight excluding hydrogens is 312 g/mol. The molecule has 1 atom stereocenters. The van der Waals surface area contributed by atoms with E-state index in [1.54, 1.807) is 12.1 Å². The van der Waals surface area contributed by atoms with Crippen molar-refractivity contribution in [3.8, 4) is 11.4 Å². The van der Waals surface area contributed by atoms with E-state index in [0.29, 0.717) is 29.9 Å². The number of hydrogen-bond acceptors (Lipinski definition) is 7. The summed E-state index contributed by atoms with van der Waals surface area (Å²) in [5.74, 6) is 0.868. The first-order valence-corrected chi connectivity index (χ1v) is 8.09. The number of nitrogens with zero attached hydrogens (tertiary/aromatic N) is 4. The van der Waals surface area contributed by atoms with E-state index in [4.69, 9.17) is 9.63 Å². The maximum absolute atomic E-state index is 10.9. The molecule has 2 heterocycles. The first-order valence-electron chi connectivity index (χ1n) is 8.09. The van der Waals surface area contributed by atoms with Gasteiger partial charge in [-0.2, -0.15) is 4.98 Å². The van der Waals surface area contributed by atoms with Crippen molar-refractivity contribution in [2.45, 2.75) is 38.3 Å². The number of non-ortho nitro benzene ring substituents is 1. The van der Waals surface area contributed by atoms with E-state index < -0.39 is 4.92 Å². The van der Waals surface area contributed by atoms with Crippen molar-refractivity contribution >= 4 is 5.69 Å². The average Bonchev–Trinajstić information content (AvgIpc) is 3.23. The Bertz CT molecular complexity index is 703. The Morgan fingerprint density at radius 1 is 1.46 bits per heavy atom. The van der Waals surface area contributed by atoms with Crippen LogP contribution >= 0.6 is 0 Å². The van der Waals surface area contributed by atoms with Gasteiger partial charge in [0.15, 0.2) is 0 Å². The van der Waals surface area contributed by atoms with Crippen molar-refractivity contribution in [2.75, 3.05) is 13.2 Å². The minimum absolute atomic E-state index is 0.00228. The van der Waals surface area contributed by atoms with Crippen molar-refractivity contribution in [3.05, 3.63) is 40.3 Å². The fourth-order valence-corrected chi connectivity index (χ4v) is 3.13. The molecule has 0 spiro atoms. The molecule has 1 aliphatic heterocycles. The molecule has 1 saturated heterocycles. The molecule has 24 heavy (non-hydrogen) atoms. The zero-order valence-electron chi connectivity index (χ0n) is 13.3. The molecular formula is C16H20N4O4. The second-order valence-corrected chi connectivity index (χ2v) is 5.95. The Labute approximate surface area is 139 Å². The number of likely N-dealkylation sites (tertiary alicyclic amines) is 1. The summed E-state index contributed by atoms with van der Waals surface area (Å²) < 4.78 is 5.31. The summed E-state index contributed by atoms with van der Waals surface area (Å²) in [6.45, 7) is 1.75. The number of nitro groups is 1. The maximum Gasteiger partial charge on any atom is 0.270 e. The molecule has 1 N–H and O–H groups in total. The lowest BCUT2D eigenvalue weighted by Crippen LogP contribution is -2.29. The van der Waals surface area contributed by atoms with Gasteiger partial charge in [-0.15, -0.1) is 0 Å². The fourth-order valence-electron chi connectivity index (χ4n) is 3.13. The Balaban J connectivity index is 1.69. The van der Waals surface area contributed by atoms with Crippen LogP contribution in [0.25, 0.3) is 11.4 Å². The summed E-state index contributed by atoms with van der Waals surface area (Å²) in [5, 5.41) is 23.8. The third-order valence-electron chi connectivity index (χ3n) is 4.32. The average molecular weight is 332 g/mol. The largest absolute Gasteiger partial charge is 0.396 e. The highest BCUT2D eigenvalue weighted by molar-refractivity contribution is 5.58. The van der Waals surface area contributed by atoms with Gasteiger partial charge < -0.3 is 9.63 Å². The van der Waals surface area contributed by atoms with E-state index >= 15 is 0 Å². The number of nitro benzene ring substituents is 1. The monoisotopic (exact) mass is 332 g/mol. The molecule has 3 rings (SSSR count). The summed E-state index contributed by atoms with van der Waals surface area (Å²) in [6.07, 6.45) is 4.00. The molecule has 1 aromatic heterocycles. The number of aliphatic hydroxyl groups is 1. The lowest BCUT2D eigenvalue weighted by Gasteiger charge is -2.22. The molecule has 1 aromatic carbocycles. The lowest BCUT2D eigenvalue weighted by molar-refractivity contribution is -0.384. The summed E-state index contributed by atoms with van der Waals surface area (Å²) in [7, 11) is 0. The van der Waals surface area contributed by atoms with Gasteiger partial charge in [0.1, 0.15) is 0 Å². The molecule has 128 valence electrons. The minimum Gasteiger partial charge on any atom is -0.396 e. The van der Waals surface area contributed by atoms with Crippen LogP contribution in [0.5, 0.6) is 0 Å². The maximum atomic E-state index is 10.9. The number of rotatable bonds is 7. The van der Waals surface area contributed by atoms with Crippen LogP contribution in [0.2, 0.25) is 0 Å². The summed E-state index contributed by atoms with van der Waals surface area (Å²) in [4.78, 5) is 17.1. The highest BCUT2D eigenvalue weighted by atomic mass is 16.6. The van der Waals surface area contributed by atoms with E-state index in [-0.39, 0.29) is 12.3 Å². The van der Waals surface area contributed by atoms with E-state index in [1.165, 1.54) is 12.1 Å². The molecule has 1 unspecified atom stereocenters. The SMILES string of the molecule is O=[N+]([O-])c1cccc(-c2noc(CN3CCCC3CCCO)n2)c1. The smallest absolute Gasteiger partial charge is 0.270 e. The number of hydrogen-bond donors (Lipinski definition) is 1. The van der Waals surface area contributed by atoms with Gasteiger partial charge in [0.2, 0.25) is 11.7 Å². The lowest BCUT2D eigenvalue weighted by atomic mass is 10.1. The van der Waals surface area contributed by atoms with Crippen LogP contribution < -0.4 is 0 Å². The van der Waals surface area contributed by atoms with E-state index in [1.807, 2.05) is 0 Å². The standard InChI is InChI=1S/C16H20N4O4/c21-9-3-7-13-6-2-8-19(13)11-15-17-16(18-24-15)12-4-1-5-14(10-12)20(22)23/h1,4-5,10,13,21H,2-3,6-9,11H2. The van der Waals surface area contributed by atoms with Crippen LogP contribution in [0.15, 0.2) is 28.8 Å². The summed E-state index contributed by atoms with van der Waals surface area (Å²) in [6, 6.07) is 6.64. The highest BCUT2D eigenvalue weighted by Crippen LogP contribution is 2.25. The molecule has 1 fully saturated rings. The molecule has 8 nitrogen and oxygen atoms in total. The Hall–Kier alpha value is -2.32. The topological polar surface area (TPSA) is 106 Å². The van der Waals surface area contributed by atoms with Crippen LogP contribution in [-0.4, -0.2) is 44.3 Å². The fraction of sp³-hybridized carbons (Fsp3) is 0.500. The van der Waals surface area contributed by atoms with E-state index in [2.05, 4.69) is 15.0 Å². The van der Waals surface area contributed by atoms with Crippen LogP contribution in [0, 0.1) is 10.1 Å². The Kier molecular flexibility index (Phi) is 5.17. The van der Waals surface area contributed by atoms with Crippen molar-refractivity contribution < 1.29 is 14.6 Å². The van der Waals surface area contributed by atoms with Gasteiger partial charge in [0.05, 0.1) is 11.5 Å². The molecule has 0 bridgehead atoms. The highest BCUT2D eigenvalue weighted by Gasteiger charge is 2.26. The van der Waals surface area contributed by atoms with Gasteiger partial charge in [-0.05, 0) is 32.2 Å². The van der Waals surface area contributed by atoms with Crippen LogP contribution in [0.3, 0.4) is 0 Å². The minimum atomic E-state index is -0.444. The molecule has 8 heteroatoms. The third-order valence-corrected chi connectivity index (χ3v) is 4.32. The van der Waals surface area contributed by atoms with Gasteiger partial charge in [0, 0.05) is 30.3 Å². The molecule has 0 radical (unpaired) electrons. The van der Waals surface area contributed by atoms with Crippen molar-refractivity contribution in [1.29, 1.82) is 0 Å². The van der Waals surface area contributed by atoms with Crippen molar-refractivity contribution in [1.82, 2.24) is 15.0 Å². The normalized spacial score (nSPS) is 18.1. The van der Waals surface area contributed by atoms with Crippen LogP contribution in [-0.2, 0) is 6.54 Å². The van der Waals surface area contributed by atoms with E-state index in [9.17, 15) is 10.1 Å². The Morgan fingerprint density at radius 2 is 2.33 bits per heavy atom.